The molecule has 0 saturated heterocycles. The Labute approximate surface area is 180 Å². The highest BCUT2D eigenvalue weighted by Crippen LogP contribution is 2.22. The number of benzene rings is 2. The number of rotatable bonds is 6. The molecule has 0 fully saturated rings. The van der Waals surface area contributed by atoms with Crippen LogP contribution in [-0.2, 0) is 4.79 Å². The van der Waals surface area contributed by atoms with Crippen molar-refractivity contribution < 1.29 is 9.59 Å². The number of pyridine rings is 1. The molecule has 154 valence electrons. The van der Waals surface area contributed by atoms with E-state index in [4.69, 9.17) is 0 Å². The van der Waals surface area contributed by atoms with Gasteiger partial charge in [-0.15, -0.1) is 0 Å². The van der Waals surface area contributed by atoms with Crippen LogP contribution in [0, 0.1) is 0 Å². The van der Waals surface area contributed by atoms with Gasteiger partial charge in [0.05, 0.1) is 5.69 Å². The van der Waals surface area contributed by atoms with Crippen LogP contribution in [0.25, 0.3) is 17.0 Å². The lowest BCUT2D eigenvalue weighted by Gasteiger charge is -2.17. The van der Waals surface area contributed by atoms with E-state index in [2.05, 4.69) is 27.5 Å². The molecule has 0 atom stereocenters. The average molecular weight is 410 g/mol. The van der Waals surface area contributed by atoms with Crippen molar-refractivity contribution in [3.05, 3.63) is 102 Å². The first-order valence-electron chi connectivity index (χ1n) is 9.96. The van der Waals surface area contributed by atoms with Crippen molar-refractivity contribution in [3.8, 4) is 11.3 Å². The summed E-state index contributed by atoms with van der Waals surface area (Å²) in [6, 6.07) is 20.4. The van der Waals surface area contributed by atoms with Crippen LogP contribution in [0.4, 0.5) is 5.69 Å². The van der Waals surface area contributed by atoms with Crippen molar-refractivity contribution in [2.24, 2.45) is 0 Å². The van der Waals surface area contributed by atoms with Crippen LogP contribution >= 0.6 is 0 Å². The van der Waals surface area contributed by atoms with E-state index in [-0.39, 0.29) is 11.8 Å². The normalized spacial score (nSPS) is 13.0. The summed E-state index contributed by atoms with van der Waals surface area (Å²) in [6.07, 6.45) is 4.00. The number of nitrogens with zero attached hydrogens (tertiary/aromatic N) is 1. The van der Waals surface area contributed by atoms with Gasteiger partial charge in [-0.05, 0) is 36.4 Å². The van der Waals surface area contributed by atoms with Crippen molar-refractivity contribution in [2.75, 3.05) is 11.9 Å². The number of anilines is 1. The third-order valence-electron chi connectivity index (χ3n) is 4.89. The summed E-state index contributed by atoms with van der Waals surface area (Å²) in [5.41, 5.74) is 5.39. The molecule has 1 aliphatic rings. The molecule has 6 nitrogen and oxygen atoms in total. The predicted molar refractivity (Wildman–Crippen MR) is 122 cm³/mol. The SMILES string of the molecule is C=C(NC1=CC(=O)NCC1)c1ccnc(-c2ccc(C(=O)Nc3ccccc3)cc2)c1. The largest absolute Gasteiger partial charge is 0.359 e. The van der Waals surface area contributed by atoms with Gasteiger partial charge in [-0.3, -0.25) is 14.6 Å². The molecule has 1 aromatic heterocycles. The van der Waals surface area contributed by atoms with E-state index in [9.17, 15) is 9.59 Å². The molecule has 3 N–H and O–H groups in total. The molecule has 2 aromatic carbocycles. The Balaban J connectivity index is 1.46. The van der Waals surface area contributed by atoms with Crippen molar-refractivity contribution in [3.63, 3.8) is 0 Å². The summed E-state index contributed by atoms with van der Waals surface area (Å²) in [7, 11) is 0. The Bertz CT molecular complexity index is 1150. The zero-order chi connectivity index (χ0) is 21.6. The first kappa shape index (κ1) is 20.1. The second-order valence-electron chi connectivity index (χ2n) is 7.14. The Morgan fingerprint density at radius 2 is 1.74 bits per heavy atom. The molecule has 2 amide bonds. The number of carbonyl (C=O) groups is 2. The lowest BCUT2D eigenvalue weighted by Crippen LogP contribution is -2.30. The van der Waals surface area contributed by atoms with Gasteiger partial charge >= 0.3 is 0 Å². The summed E-state index contributed by atoms with van der Waals surface area (Å²) in [5, 5.41) is 8.85. The van der Waals surface area contributed by atoms with Crippen LogP contribution < -0.4 is 16.0 Å². The van der Waals surface area contributed by atoms with Gasteiger partial charge in [0.15, 0.2) is 0 Å². The number of hydrogen-bond donors (Lipinski definition) is 3. The van der Waals surface area contributed by atoms with E-state index in [0.29, 0.717) is 17.8 Å². The second-order valence-corrected chi connectivity index (χ2v) is 7.14. The number of hydrogen-bond acceptors (Lipinski definition) is 4. The number of para-hydroxylation sites is 1. The summed E-state index contributed by atoms with van der Waals surface area (Å²) in [6.45, 7) is 4.70. The van der Waals surface area contributed by atoms with Crippen molar-refractivity contribution in [1.82, 2.24) is 15.6 Å². The molecule has 0 unspecified atom stereocenters. The highest BCUT2D eigenvalue weighted by atomic mass is 16.2. The highest BCUT2D eigenvalue weighted by Gasteiger charge is 2.11. The molecular formula is C25H22N4O2. The van der Waals surface area contributed by atoms with Crippen molar-refractivity contribution in [2.45, 2.75) is 6.42 Å². The Kier molecular flexibility index (Phi) is 5.89. The Hall–Kier alpha value is -4.19. The Morgan fingerprint density at radius 3 is 2.48 bits per heavy atom. The minimum atomic E-state index is -0.165. The molecule has 0 radical (unpaired) electrons. The fourth-order valence-electron chi connectivity index (χ4n) is 3.26. The van der Waals surface area contributed by atoms with Crippen molar-refractivity contribution >= 4 is 23.2 Å². The van der Waals surface area contributed by atoms with Crippen LogP contribution in [0.1, 0.15) is 22.3 Å². The summed E-state index contributed by atoms with van der Waals surface area (Å²) >= 11 is 0. The smallest absolute Gasteiger partial charge is 0.255 e. The predicted octanol–water partition coefficient (Wildman–Crippen LogP) is 3.97. The highest BCUT2D eigenvalue weighted by molar-refractivity contribution is 6.04. The minimum Gasteiger partial charge on any atom is -0.359 e. The van der Waals surface area contributed by atoms with Gasteiger partial charge in [-0.2, -0.15) is 0 Å². The van der Waals surface area contributed by atoms with E-state index >= 15 is 0 Å². The molecule has 0 saturated carbocycles. The maximum Gasteiger partial charge on any atom is 0.255 e. The Morgan fingerprint density at radius 1 is 0.968 bits per heavy atom. The van der Waals surface area contributed by atoms with E-state index in [1.54, 1.807) is 24.4 Å². The first-order chi connectivity index (χ1) is 15.1. The lowest BCUT2D eigenvalue weighted by molar-refractivity contribution is -0.116. The van der Waals surface area contributed by atoms with E-state index in [1.807, 2.05) is 54.6 Å². The van der Waals surface area contributed by atoms with E-state index in [1.165, 1.54) is 0 Å². The van der Waals surface area contributed by atoms with Gasteiger partial charge in [0.2, 0.25) is 5.91 Å². The molecule has 4 rings (SSSR count). The van der Waals surface area contributed by atoms with Crippen LogP contribution in [0.2, 0.25) is 0 Å². The number of nitrogens with one attached hydrogen (secondary N) is 3. The lowest BCUT2D eigenvalue weighted by atomic mass is 10.1. The zero-order valence-electron chi connectivity index (χ0n) is 16.9. The number of aromatic nitrogens is 1. The van der Waals surface area contributed by atoms with Gasteiger partial charge in [-0.1, -0.05) is 36.9 Å². The van der Waals surface area contributed by atoms with Gasteiger partial charge in [0.1, 0.15) is 0 Å². The minimum absolute atomic E-state index is 0.103. The fraction of sp³-hybridized carbons (Fsp3) is 0.0800. The third kappa shape index (κ3) is 5.05. The topological polar surface area (TPSA) is 83.1 Å². The quantitative estimate of drug-likeness (QED) is 0.574. The molecule has 0 aliphatic carbocycles. The summed E-state index contributed by atoms with van der Waals surface area (Å²) in [5.74, 6) is -0.268. The molecule has 3 aromatic rings. The third-order valence-corrected chi connectivity index (χ3v) is 4.89. The molecule has 0 bridgehead atoms. The second kappa shape index (κ2) is 9.09. The van der Waals surface area contributed by atoms with Gasteiger partial charge in [-0.25, -0.2) is 0 Å². The maximum atomic E-state index is 12.4. The van der Waals surface area contributed by atoms with Crippen LogP contribution in [0.5, 0.6) is 0 Å². The van der Waals surface area contributed by atoms with E-state index < -0.39 is 0 Å². The molecule has 2 heterocycles. The number of carbonyl (C=O) groups excluding carboxylic acids is 2. The van der Waals surface area contributed by atoms with Gasteiger partial charge in [0.25, 0.3) is 5.91 Å². The monoisotopic (exact) mass is 410 g/mol. The summed E-state index contributed by atoms with van der Waals surface area (Å²) in [4.78, 5) is 28.4. The molecule has 6 heteroatoms. The zero-order valence-corrected chi connectivity index (χ0v) is 16.9. The van der Waals surface area contributed by atoms with Crippen LogP contribution in [0.3, 0.4) is 0 Å². The summed E-state index contributed by atoms with van der Waals surface area (Å²) < 4.78 is 0. The van der Waals surface area contributed by atoms with E-state index in [0.717, 1.165) is 34.6 Å². The molecule has 31 heavy (non-hydrogen) atoms. The fourth-order valence-corrected chi connectivity index (χ4v) is 3.26. The number of amides is 2. The molecular weight excluding hydrogens is 388 g/mol. The maximum absolute atomic E-state index is 12.4. The van der Waals surface area contributed by atoms with Gasteiger partial charge in [0, 0.05) is 59.0 Å². The van der Waals surface area contributed by atoms with Crippen LogP contribution in [0.15, 0.2) is 91.3 Å². The molecule has 1 aliphatic heterocycles. The standard InChI is InChI=1S/C25H22N4O2/c1-17(28-22-12-14-27-24(30)16-22)20-11-13-26-23(15-20)18-7-9-19(10-8-18)25(31)29-21-5-3-2-4-6-21/h2-11,13,15-16,28H,1,12,14H2,(H,27,30)(H,29,31). The first-order valence-corrected chi connectivity index (χ1v) is 9.96. The molecule has 0 spiro atoms. The average Bonchev–Trinajstić information content (AvgIpc) is 2.80. The van der Waals surface area contributed by atoms with Crippen molar-refractivity contribution in [1.29, 1.82) is 0 Å². The van der Waals surface area contributed by atoms with Gasteiger partial charge < -0.3 is 16.0 Å². The van der Waals surface area contributed by atoms with Crippen LogP contribution in [-0.4, -0.2) is 23.3 Å².